The zero-order chi connectivity index (χ0) is 19.9. The Morgan fingerprint density at radius 2 is 1.93 bits per heavy atom. The minimum Gasteiger partial charge on any atom is -0.363 e. The van der Waals surface area contributed by atoms with Crippen LogP contribution in [0.25, 0.3) is 23.5 Å². The van der Waals surface area contributed by atoms with Gasteiger partial charge in [0.05, 0.1) is 10.7 Å². The van der Waals surface area contributed by atoms with Gasteiger partial charge >= 0.3 is 0 Å². The Labute approximate surface area is 166 Å². The maximum absolute atomic E-state index is 12.4. The molecule has 1 aliphatic rings. The Hall–Kier alpha value is -3.08. The largest absolute Gasteiger partial charge is 0.363 e. The number of carbonyl (C=O) groups excluding carboxylic acids is 1. The number of nitrogens with one attached hydrogen (secondary N) is 3. The van der Waals surface area contributed by atoms with Gasteiger partial charge in [-0.05, 0) is 56.3 Å². The number of allylic oxidation sites excluding steroid dienone is 1. The minimum absolute atomic E-state index is 0.137. The fraction of sp³-hybridized carbons (Fsp3) is 0.304. The van der Waals surface area contributed by atoms with Crippen molar-refractivity contribution in [2.24, 2.45) is 5.92 Å². The smallest absolute Gasteiger partial charge is 0.227 e. The van der Waals surface area contributed by atoms with Crippen molar-refractivity contribution >= 4 is 23.7 Å². The van der Waals surface area contributed by atoms with Crippen LogP contribution in [-0.2, 0) is 4.79 Å². The lowest BCUT2D eigenvalue weighted by Gasteiger charge is -2.20. The summed E-state index contributed by atoms with van der Waals surface area (Å²) in [6.07, 6.45) is 11.0. The van der Waals surface area contributed by atoms with Gasteiger partial charge < -0.3 is 15.6 Å². The Bertz CT molecular complexity index is 963. The van der Waals surface area contributed by atoms with Gasteiger partial charge in [0.15, 0.2) is 0 Å². The predicted molar refractivity (Wildman–Crippen MR) is 116 cm³/mol. The number of rotatable bonds is 6. The maximum atomic E-state index is 12.4. The first-order valence-corrected chi connectivity index (χ1v) is 9.82. The van der Waals surface area contributed by atoms with Crippen LogP contribution in [0.2, 0.25) is 0 Å². The number of benzene rings is 1. The van der Waals surface area contributed by atoms with Crippen LogP contribution in [0.15, 0.2) is 49.3 Å². The van der Waals surface area contributed by atoms with Gasteiger partial charge in [-0.3, -0.25) is 4.79 Å². The molecule has 0 spiro atoms. The van der Waals surface area contributed by atoms with Crippen LogP contribution < -0.4 is 21.3 Å². The van der Waals surface area contributed by atoms with Gasteiger partial charge in [0.25, 0.3) is 0 Å². The van der Waals surface area contributed by atoms with Crippen LogP contribution in [0.1, 0.15) is 39.0 Å². The first-order valence-electron chi connectivity index (χ1n) is 9.82. The highest BCUT2D eigenvalue weighted by molar-refractivity contribution is 5.92. The monoisotopic (exact) mass is 376 g/mol. The summed E-state index contributed by atoms with van der Waals surface area (Å²) in [6.45, 7) is 9.52. The van der Waals surface area contributed by atoms with Crippen LogP contribution in [0.3, 0.4) is 0 Å². The molecule has 5 heteroatoms. The highest BCUT2D eigenvalue weighted by Gasteiger charge is 2.20. The van der Waals surface area contributed by atoms with Crippen LogP contribution in [0.5, 0.6) is 0 Å². The van der Waals surface area contributed by atoms with Gasteiger partial charge in [-0.25, -0.2) is 4.98 Å². The average Bonchev–Trinajstić information content (AvgIpc) is 3.12. The molecule has 0 radical (unpaired) electrons. The van der Waals surface area contributed by atoms with Crippen LogP contribution in [0, 0.1) is 5.92 Å². The molecule has 1 fully saturated rings. The van der Waals surface area contributed by atoms with Gasteiger partial charge in [-0.15, -0.1) is 0 Å². The molecule has 0 bridgehead atoms. The lowest BCUT2D eigenvalue weighted by molar-refractivity contribution is -0.120. The molecule has 1 aliphatic carbocycles. The fourth-order valence-corrected chi connectivity index (χ4v) is 3.53. The van der Waals surface area contributed by atoms with Crippen molar-refractivity contribution in [3.8, 4) is 11.4 Å². The Morgan fingerprint density at radius 1 is 1.21 bits per heavy atom. The number of nitrogens with zero attached hydrogens (tertiary/aromatic N) is 1. The number of imidazole rings is 1. The van der Waals surface area contributed by atoms with Gasteiger partial charge in [0.2, 0.25) is 5.91 Å². The van der Waals surface area contributed by atoms with Crippen molar-refractivity contribution in [1.29, 1.82) is 0 Å². The van der Waals surface area contributed by atoms with E-state index in [0.717, 1.165) is 59.2 Å². The van der Waals surface area contributed by atoms with E-state index in [4.69, 9.17) is 0 Å². The van der Waals surface area contributed by atoms with E-state index in [0.29, 0.717) is 0 Å². The fourth-order valence-electron chi connectivity index (χ4n) is 3.53. The molecular weight excluding hydrogens is 348 g/mol. The second kappa shape index (κ2) is 9.22. The SMILES string of the molecule is C=CNC(=C)/C=c1/[nH]c(-c2ccc(NC(=O)C3CCCCC3)cc2)n/c1=C/C. The van der Waals surface area contributed by atoms with E-state index in [1.54, 1.807) is 6.20 Å². The molecule has 1 amide bonds. The molecule has 1 heterocycles. The van der Waals surface area contributed by atoms with Gasteiger partial charge in [-0.1, -0.05) is 38.5 Å². The van der Waals surface area contributed by atoms with Crippen molar-refractivity contribution in [2.75, 3.05) is 5.32 Å². The summed E-state index contributed by atoms with van der Waals surface area (Å²) >= 11 is 0. The van der Waals surface area contributed by atoms with Crippen molar-refractivity contribution in [3.05, 3.63) is 60.0 Å². The average molecular weight is 377 g/mol. The number of carbonyl (C=O) groups is 1. The van der Waals surface area contributed by atoms with Crippen molar-refractivity contribution in [2.45, 2.75) is 39.0 Å². The molecule has 1 aromatic heterocycles. The standard InChI is InChI=1S/C23H28N4O/c1-4-20-21(15-16(3)24-5-2)27-22(26-20)17-11-13-19(14-12-17)25-23(28)18-9-7-6-8-10-18/h4-5,11-15,18,24H,2-3,6-10H2,1H3,(H,25,28)(H,26,27)/b20-4+,21-15+. The van der Waals surface area contributed by atoms with Gasteiger partial charge in [0, 0.05) is 22.9 Å². The lowest BCUT2D eigenvalue weighted by atomic mass is 9.88. The normalized spacial score (nSPS) is 16.0. The van der Waals surface area contributed by atoms with E-state index in [2.05, 4.69) is 33.8 Å². The van der Waals surface area contributed by atoms with E-state index in [1.807, 2.05) is 43.3 Å². The van der Waals surface area contributed by atoms with Gasteiger partial charge in [0.1, 0.15) is 5.82 Å². The second-order valence-electron chi connectivity index (χ2n) is 7.09. The molecule has 0 unspecified atom stereocenters. The first kappa shape index (κ1) is 19.7. The number of aromatic nitrogens is 2. The lowest BCUT2D eigenvalue weighted by Crippen LogP contribution is -2.25. The van der Waals surface area contributed by atoms with Crippen molar-refractivity contribution in [3.63, 3.8) is 0 Å². The zero-order valence-electron chi connectivity index (χ0n) is 16.4. The summed E-state index contributed by atoms with van der Waals surface area (Å²) in [5.41, 5.74) is 2.51. The summed E-state index contributed by atoms with van der Waals surface area (Å²) in [6, 6.07) is 7.79. The molecule has 0 aliphatic heterocycles. The Morgan fingerprint density at radius 3 is 2.57 bits per heavy atom. The summed E-state index contributed by atoms with van der Waals surface area (Å²) in [7, 11) is 0. The third kappa shape index (κ3) is 4.80. The quantitative estimate of drug-likeness (QED) is 0.723. The van der Waals surface area contributed by atoms with Crippen LogP contribution >= 0.6 is 0 Å². The highest BCUT2D eigenvalue weighted by Crippen LogP contribution is 2.25. The molecule has 0 atom stereocenters. The maximum Gasteiger partial charge on any atom is 0.227 e. The number of amides is 1. The van der Waals surface area contributed by atoms with Gasteiger partial charge in [-0.2, -0.15) is 0 Å². The van der Waals surface area contributed by atoms with Crippen molar-refractivity contribution < 1.29 is 4.79 Å². The van der Waals surface area contributed by atoms with E-state index >= 15 is 0 Å². The summed E-state index contributed by atoms with van der Waals surface area (Å²) in [5.74, 6) is 1.06. The molecule has 2 aromatic rings. The molecule has 1 aromatic carbocycles. The zero-order valence-corrected chi connectivity index (χ0v) is 16.4. The Balaban J connectivity index is 1.76. The number of hydrogen-bond acceptors (Lipinski definition) is 3. The van der Waals surface area contributed by atoms with E-state index in [-0.39, 0.29) is 11.8 Å². The molecular formula is C23H28N4O. The summed E-state index contributed by atoms with van der Waals surface area (Å²) < 4.78 is 0. The molecule has 1 saturated carbocycles. The third-order valence-corrected chi connectivity index (χ3v) is 5.04. The van der Waals surface area contributed by atoms with E-state index < -0.39 is 0 Å². The van der Waals surface area contributed by atoms with E-state index in [1.165, 1.54) is 6.42 Å². The van der Waals surface area contributed by atoms with Crippen molar-refractivity contribution in [1.82, 2.24) is 15.3 Å². The Kier molecular flexibility index (Phi) is 6.48. The highest BCUT2D eigenvalue weighted by atomic mass is 16.1. The number of H-pyrrole nitrogens is 1. The molecule has 3 rings (SSSR count). The summed E-state index contributed by atoms with van der Waals surface area (Å²) in [4.78, 5) is 20.4. The first-order chi connectivity index (χ1) is 13.6. The van der Waals surface area contributed by atoms with E-state index in [9.17, 15) is 4.79 Å². The van der Waals surface area contributed by atoms with Crippen LogP contribution in [0.4, 0.5) is 5.69 Å². The predicted octanol–water partition coefficient (Wildman–Crippen LogP) is 3.42. The molecule has 0 saturated heterocycles. The number of anilines is 1. The van der Waals surface area contributed by atoms with Crippen LogP contribution in [-0.4, -0.2) is 15.9 Å². The third-order valence-electron chi connectivity index (χ3n) is 5.04. The number of hydrogen-bond donors (Lipinski definition) is 3. The summed E-state index contributed by atoms with van der Waals surface area (Å²) in [5, 5.41) is 7.75. The number of aromatic amines is 1. The molecule has 3 N–H and O–H groups in total. The molecule has 146 valence electrons. The molecule has 28 heavy (non-hydrogen) atoms. The molecule has 5 nitrogen and oxygen atoms in total. The topological polar surface area (TPSA) is 69.8 Å². The minimum atomic E-state index is 0.137. The second-order valence-corrected chi connectivity index (χ2v) is 7.09.